The molecule has 2 atom stereocenters. The Morgan fingerprint density at radius 1 is 1.09 bits per heavy atom. The van der Waals surface area contributed by atoms with Crippen LogP contribution in [0.2, 0.25) is 5.02 Å². The first-order chi connectivity index (χ1) is 11.0. The predicted octanol–water partition coefficient (Wildman–Crippen LogP) is 4.74. The normalized spacial score (nSPS) is 13.4. The predicted molar refractivity (Wildman–Crippen MR) is 99.3 cm³/mol. The van der Waals surface area contributed by atoms with Crippen molar-refractivity contribution in [2.75, 3.05) is 11.6 Å². The largest absolute Gasteiger partial charge is 0.324 e. The molecule has 2 N–H and O–H groups in total. The van der Waals surface area contributed by atoms with Gasteiger partial charge in [-0.15, -0.1) is 11.8 Å². The van der Waals surface area contributed by atoms with Crippen LogP contribution in [0.4, 0.5) is 5.69 Å². The molecule has 1 amide bonds. The van der Waals surface area contributed by atoms with Gasteiger partial charge in [-0.3, -0.25) is 10.1 Å². The SMILES string of the molecule is CSc1ccccc1NC(=O)C(C)NC(C)c1ccccc1Cl. The number of carbonyl (C=O) groups is 1. The lowest BCUT2D eigenvalue weighted by Gasteiger charge is -2.21. The number of hydrogen-bond donors (Lipinski definition) is 2. The average molecular weight is 349 g/mol. The van der Waals surface area contributed by atoms with Gasteiger partial charge in [0.25, 0.3) is 0 Å². The lowest BCUT2D eigenvalue weighted by Crippen LogP contribution is -2.39. The van der Waals surface area contributed by atoms with Crippen molar-refractivity contribution in [3.8, 4) is 0 Å². The van der Waals surface area contributed by atoms with Crippen molar-refractivity contribution < 1.29 is 4.79 Å². The summed E-state index contributed by atoms with van der Waals surface area (Å²) < 4.78 is 0. The summed E-state index contributed by atoms with van der Waals surface area (Å²) in [5, 5.41) is 6.97. The highest BCUT2D eigenvalue weighted by Gasteiger charge is 2.18. The zero-order chi connectivity index (χ0) is 16.8. The number of nitrogens with one attached hydrogen (secondary N) is 2. The topological polar surface area (TPSA) is 41.1 Å². The van der Waals surface area contributed by atoms with Gasteiger partial charge in [0.05, 0.1) is 11.7 Å². The number of anilines is 1. The maximum atomic E-state index is 12.4. The van der Waals surface area contributed by atoms with Crippen LogP contribution in [-0.2, 0) is 4.79 Å². The molecule has 2 aromatic carbocycles. The molecule has 0 fully saturated rings. The van der Waals surface area contributed by atoms with Gasteiger partial charge in [0.15, 0.2) is 0 Å². The number of rotatable bonds is 6. The summed E-state index contributed by atoms with van der Waals surface area (Å²) in [6.07, 6.45) is 1.99. The van der Waals surface area contributed by atoms with Gasteiger partial charge < -0.3 is 5.32 Å². The zero-order valence-electron chi connectivity index (χ0n) is 13.5. The Kier molecular flexibility index (Phi) is 6.51. The standard InChI is InChI=1S/C18H21ClN2OS/c1-12(14-8-4-5-9-15(14)19)20-13(2)18(22)21-16-10-6-7-11-17(16)23-3/h4-13,20H,1-3H3,(H,21,22). The summed E-state index contributed by atoms with van der Waals surface area (Å²) in [6.45, 7) is 3.85. The number of carbonyl (C=O) groups excluding carboxylic acids is 1. The van der Waals surface area contributed by atoms with Crippen LogP contribution < -0.4 is 10.6 Å². The van der Waals surface area contributed by atoms with E-state index in [1.807, 2.05) is 68.6 Å². The summed E-state index contributed by atoms with van der Waals surface area (Å²) in [4.78, 5) is 13.5. The first-order valence-corrected chi connectivity index (χ1v) is 9.07. The number of amides is 1. The molecule has 0 aliphatic heterocycles. The van der Waals surface area contributed by atoms with E-state index in [0.717, 1.165) is 16.1 Å². The van der Waals surface area contributed by atoms with Gasteiger partial charge in [0, 0.05) is 16.0 Å². The van der Waals surface area contributed by atoms with Crippen molar-refractivity contribution in [3.63, 3.8) is 0 Å². The number of halogens is 1. The molecule has 0 radical (unpaired) electrons. The minimum atomic E-state index is -0.337. The van der Waals surface area contributed by atoms with Gasteiger partial charge >= 0.3 is 0 Å². The average Bonchev–Trinajstić information content (AvgIpc) is 2.55. The Balaban J connectivity index is 2.01. The molecule has 0 aliphatic rings. The first kappa shape index (κ1) is 17.9. The minimum absolute atomic E-state index is 0.0137. The van der Waals surface area contributed by atoms with Crippen molar-refractivity contribution in [3.05, 3.63) is 59.1 Å². The van der Waals surface area contributed by atoms with Crippen LogP contribution in [0.25, 0.3) is 0 Å². The summed E-state index contributed by atoms with van der Waals surface area (Å²) in [7, 11) is 0. The molecule has 0 saturated carbocycles. The van der Waals surface area contributed by atoms with Gasteiger partial charge in [-0.05, 0) is 43.9 Å². The van der Waals surface area contributed by atoms with E-state index < -0.39 is 0 Å². The molecule has 23 heavy (non-hydrogen) atoms. The molecule has 0 spiro atoms. The third-order valence-corrected chi connectivity index (χ3v) is 4.77. The molecule has 0 saturated heterocycles. The number of thioether (sulfide) groups is 1. The van der Waals surface area contributed by atoms with E-state index >= 15 is 0 Å². The third kappa shape index (κ3) is 4.74. The van der Waals surface area contributed by atoms with Crippen molar-refractivity contribution >= 4 is 35.0 Å². The van der Waals surface area contributed by atoms with E-state index in [0.29, 0.717) is 5.02 Å². The van der Waals surface area contributed by atoms with Crippen LogP contribution >= 0.6 is 23.4 Å². The summed E-state index contributed by atoms with van der Waals surface area (Å²) in [6, 6.07) is 15.1. The van der Waals surface area contributed by atoms with Gasteiger partial charge in [-0.2, -0.15) is 0 Å². The highest BCUT2D eigenvalue weighted by molar-refractivity contribution is 7.98. The Morgan fingerprint density at radius 2 is 1.74 bits per heavy atom. The van der Waals surface area contributed by atoms with Crippen molar-refractivity contribution in [2.45, 2.75) is 30.8 Å². The van der Waals surface area contributed by atoms with Crippen molar-refractivity contribution in [1.82, 2.24) is 5.32 Å². The van der Waals surface area contributed by atoms with Crippen LogP contribution in [0.5, 0.6) is 0 Å². The number of para-hydroxylation sites is 1. The Morgan fingerprint density at radius 3 is 2.43 bits per heavy atom. The Bertz CT molecular complexity index is 678. The highest BCUT2D eigenvalue weighted by Crippen LogP contribution is 2.25. The third-order valence-electron chi connectivity index (χ3n) is 3.63. The number of hydrogen-bond acceptors (Lipinski definition) is 3. The number of benzene rings is 2. The zero-order valence-corrected chi connectivity index (χ0v) is 15.0. The second kappa shape index (κ2) is 8.39. The fourth-order valence-corrected chi connectivity index (χ4v) is 3.21. The summed E-state index contributed by atoms with van der Waals surface area (Å²) in [5.74, 6) is -0.0644. The van der Waals surface area contributed by atoms with E-state index in [9.17, 15) is 4.79 Å². The molecule has 0 aromatic heterocycles. The van der Waals surface area contributed by atoms with Crippen molar-refractivity contribution in [1.29, 1.82) is 0 Å². The monoisotopic (exact) mass is 348 g/mol. The molecule has 2 rings (SSSR count). The maximum Gasteiger partial charge on any atom is 0.241 e. The summed E-state index contributed by atoms with van der Waals surface area (Å²) >= 11 is 7.82. The van der Waals surface area contributed by atoms with Crippen LogP contribution in [0, 0.1) is 0 Å². The van der Waals surface area contributed by atoms with Crippen LogP contribution in [-0.4, -0.2) is 18.2 Å². The van der Waals surface area contributed by atoms with E-state index in [1.54, 1.807) is 11.8 Å². The van der Waals surface area contributed by atoms with Gasteiger partial charge in [0.2, 0.25) is 5.91 Å². The summed E-state index contributed by atoms with van der Waals surface area (Å²) in [5.41, 5.74) is 1.82. The second-order valence-corrected chi connectivity index (χ2v) is 6.58. The fourth-order valence-electron chi connectivity index (χ4n) is 2.36. The molecule has 3 nitrogen and oxygen atoms in total. The van der Waals surface area contributed by atoms with E-state index in [4.69, 9.17) is 11.6 Å². The van der Waals surface area contributed by atoms with Gasteiger partial charge in [-0.1, -0.05) is 41.9 Å². The van der Waals surface area contributed by atoms with Crippen LogP contribution in [0.3, 0.4) is 0 Å². The molecule has 122 valence electrons. The molecular formula is C18H21ClN2OS. The molecule has 0 bridgehead atoms. The highest BCUT2D eigenvalue weighted by atomic mass is 35.5. The molecule has 0 heterocycles. The minimum Gasteiger partial charge on any atom is -0.324 e. The molecule has 2 aromatic rings. The Labute approximate surface area is 146 Å². The quantitative estimate of drug-likeness (QED) is 0.741. The van der Waals surface area contributed by atoms with Crippen LogP contribution in [0.15, 0.2) is 53.4 Å². The molecular weight excluding hydrogens is 328 g/mol. The lowest BCUT2D eigenvalue weighted by atomic mass is 10.1. The second-order valence-electron chi connectivity index (χ2n) is 5.32. The van der Waals surface area contributed by atoms with E-state index in [2.05, 4.69) is 10.6 Å². The van der Waals surface area contributed by atoms with Crippen LogP contribution in [0.1, 0.15) is 25.5 Å². The van der Waals surface area contributed by atoms with Gasteiger partial charge in [0.1, 0.15) is 0 Å². The maximum absolute atomic E-state index is 12.4. The molecule has 5 heteroatoms. The molecule has 0 aliphatic carbocycles. The molecule has 2 unspecified atom stereocenters. The van der Waals surface area contributed by atoms with Gasteiger partial charge in [-0.25, -0.2) is 0 Å². The van der Waals surface area contributed by atoms with E-state index in [-0.39, 0.29) is 18.0 Å². The lowest BCUT2D eigenvalue weighted by molar-refractivity contribution is -0.117. The smallest absolute Gasteiger partial charge is 0.241 e. The first-order valence-electron chi connectivity index (χ1n) is 7.47. The fraction of sp³-hybridized carbons (Fsp3) is 0.278. The van der Waals surface area contributed by atoms with E-state index in [1.165, 1.54) is 0 Å². The Hall–Kier alpha value is -1.49. The van der Waals surface area contributed by atoms with Crippen molar-refractivity contribution in [2.24, 2.45) is 0 Å².